The van der Waals surface area contributed by atoms with Crippen LogP contribution in [-0.2, 0) is 6.54 Å². The van der Waals surface area contributed by atoms with Gasteiger partial charge in [-0.1, -0.05) is 29.8 Å². The molecule has 1 aliphatic heterocycles. The molecule has 0 amide bonds. The molecular formula is C21H20ClN5O2. The molecule has 148 valence electrons. The number of benzene rings is 2. The molecule has 0 aliphatic carbocycles. The highest BCUT2D eigenvalue weighted by Gasteiger charge is 2.24. The summed E-state index contributed by atoms with van der Waals surface area (Å²) < 4.78 is 5.19. The summed E-state index contributed by atoms with van der Waals surface area (Å²) in [5.41, 5.74) is 1.51. The fourth-order valence-corrected chi connectivity index (χ4v) is 3.78. The Hall–Kier alpha value is -3.08. The van der Waals surface area contributed by atoms with Crippen molar-refractivity contribution in [1.82, 2.24) is 10.2 Å². The number of rotatable bonds is 5. The molecule has 0 unspecified atom stereocenters. The van der Waals surface area contributed by atoms with E-state index in [4.69, 9.17) is 22.9 Å². The van der Waals surface area contributed by atoms with E-state index in [9.17, 15) is 5.11 Å². The fourth-order valence-electron chi connectivity index (χ4n) is 3.50. The normalized spacial score (nSPS) is 16.1. The highest BCUT2D eigenvalue weighted by molar-refractivity contribution is 6.32. The van der Waals surface area contributed by atoms with E-state index in [1.165, 1.54) is 0 Å². The smallest absolute Gasteiger partial charge is 0.188 e. The second kappa shape index (κ2) is 8.11. The Morgan fingerprint density at radius 3 is 2.83 bits per heavy atom. The van der Waals surface area contributed by atoms with Crippen molar-refractivity contribution < 1.29 is 9.84 Å². The molecule has 2 N–H and O–H groups in total. The van der Waals surface area contributed by atoms with Crippen LogP contribution >= 0.6 is 11.6 Å². The van der Waals surface area contributed by atoms with Crippen LogP contribution in [0.15, 0.2) is 36.4 Å². The summed E-state index contributed by atoms with van der Waals surface area (Å²) in [5, 5.41) is 24.2. The zero-order valence-corrected chi connectivity index (χ0v) is 16.6. The maximum Gasteiger partial charge on any atom is 0.188 e. The quantitative estimate of drug-likeness (QED) is 0.620. The second-order valence-corrected chi connectivity index (χ2v) is 7.33. The summed E-state index contributed by atoms with van der Waals surface area (Å²) >= 11 is 6.21. The predicted octanol–water partition coefficient (Wildman–Crippen LogP) is 4.03. The number of hydrogen-bond acceptors (Lipinski definition) is 6. The molecule has 29 heavy (non-hydrogen) atoms. The van der Waals surface area contributed by atoms with Gasteiger partial charge in [0.15, 0.2) is 17.3 Å². The number of aromatic nitrogens is 2. The number of aliphatic hydroxyl groups is 1. The standard InChI is InChI=1S/C21H20ClN5O2/c1-23-14-4-5-16-17(10-14)20(25-26-21(16)27-8-7-15(28)12-27)24-11-13-3-6-19(29-2)18(22)9-13/h3-6,9-10,15,28H,7-8,11-12H2,2H3,(H,24,25)/t15-/m1/s1. The van der Waals surface area contributed by atoms with E-state index in [0.29, 0.717) is 41.8 Å². The third-order valence-corrected chi connectivity index (χ3v) is 5.31. The second-order valence-electron chi connectivity index (χ2n) is 6.92. The molecule has 1 atom stereocenters. The van der Waals surface area contributed by atoms with Gasteiger partial charge in [-0.05, 0) is 30.2 Å². The third kappa shape index (κ3) is 3.90. The largest absolute Gasteiger partial charge is 0.495 e. The Labute approximate surface area is 173 Å². The Balaban J connectivity index is 1.67. The van der Waals surface area contributed by atoms with E-state index in [0.717, 1.165) is 28.7 Å². The molecule has 4 rings (SSSR count). The molecule has 0 bridgehead atoms. The van der Waals surface area contributed by atoms with Crippen LogP contribution in [0.4, 0.5) is 17.3 Å². The summed E-state index contributed by atoms with van der Waals surface area (Å²) in [6, 6.07) is 11.1. The van der Waals surface area contributed by atoms with E-state index < -0.39 is 0 Å². The van der Waals surface area contributed by atoms with Gasteiger partial charge in [-0.2, -0.15) is 0 Å². The van der Waals surface area contributed by atoms with Crippen LogP contribution in [0, 0.1) is 6.57 Å². The number of nitrogens with one attached hydrogen (secondary N) is 1. The summed E-state index contributed by atoms with van der Waals surface area (Å²) in [7, 11) is 1.58. The Bertz CT molecular complexity index is 1100. The predicted molar refractivity (Wildman–Crippen MR) is 114 cm³/mol. The van der Waals surface area contributed by atoms with Crippen LogP contribution in [0.1, 0.15) is 12.0 Å². The monoisotopic (exact) mass is 409 g/mol. The van der Waals surface area contributed by atoms with Crippen LogP contribution in [0.3, 0.4) is 0 Å². The summed E-state index contributed by atoms with van der Waals surface area (Å²) in [4.78, 5) is 5.57. The average molecular weight is 410 g/mol. The molecule has 1 saturated heterocycles. The van der Waals surface area contributed by atoms with Gasteiger partial charge >= 0.3 is 0 Å². The van der Waals surface area contributed by atoms with E-state index in [1.807, 2.05) is 35.2 Å². The van der Waals surface area contributed by atoms with E-state index in [-0.39, 0.29) is 6.10 Å². The molecule has 2 aromatic carbocycles. The first kappa shape index (κ1) is 19.2. The first-order chi connectivity index (χ1) is 14.1. The highest BCUT2D eigenvalue weighted by Crippen LogP contribution is 2.33. The zero-order chi connectivity index (χ0) is 20.4. The molecule has 0 radical (unpaired) electrons. The van der Waals surface area contributed by atoms with Gasteiger partial charge < -0.3 is 20.1 Å². The minimum Gasteiger partial charge on any atom is -0.495 e. The number of aliphatic hydroxyl groups excluding tert-OH is 1. The van der Waals surface area contributed by atoms with Crippen LogP contribution in [-0.4, -0.2) is 41.6 Å². The lowest BCUT2D eigenvalue weighted by molar-refractivity contribution is 0.198. The van der Waals surface area contributed by atoms with Crippen LogP contribution in [0.2, 0.25) is 5.02 Å². The molecule has 8 heteroatoms. The lowest BCUT2D eigenvalue weighted by Crippen LogP contribution is -2.23. The number of β-amino-alcohol motifs (C(OH)–C–C–N with tert-alkyl or cyclic N) is 1. The molecule has 1 aliphatic rings. The van der Waals surface area contributed by atoms with Gasteiger partial charge in [0.25, 0.3) is 0 Å². The van der Waals surface area contributed by atoms with Crippen molar-refractivity contribution in [1.29, 1.82) is 0 Å². The van der Waals surface area contributed by atoms with Gasteiger partial charge in [-0.3, -0.25) is 0 Å². The Morgan fingerprint density at radius 1 is 1.28 bits per heavy atom. The molecule has 7 nitrogen and oxygen atoms in total. The van der Waals surface area contributed by atoms with Gasteiger partial charge in [0.2, 0.25) is 0 Å². The molecule has 0 saturated carbocycles. The Kier molecular flexibility index (Phi) is 5.38. The number of anilines is 2. The SMILES string of the molecule is [C-]#[N+]c1ccc2c(N3CC[C@@H](O)C3)nnc(NCc3ccc(OC)c(Cl)c3)c2c1. The van der Waals surface area contributed by atoms with Crippen molar-refractivity contribution in [2.45, 2.75) is 19.1 Å². The van der Waals surface area contributed by atoms with Crippen molar-refractivity contribution in [3.8, 4) is 5.75 Å². The Morgan fingerprint density at radius 2 is 2.14 bits per heavy atom. The lowest BCUT2D eigenvalue weighted by Gasteiger charge is -2.19. The average Bonchev–Trinajstić information content (AvgIpc) is 3.17. The van der Waals surface area contributed by atoms with Crippen molar-refractivity contribution in [3.05, 3.63) is 58.4 Å². The summed E-state index contributed by atoms with van der Waals surface area (Å²) in [5.74, 6) is 1.95. The maximum absolute atomic E-state index is 9.88. The third-order valence-electron chi connectivity index (χ3n) is 5.01. The summed E-state index contributed by atoms with van der Waals surface area (Å²) in [6.45, 7) is 9.09. The highest BCUT2D eigenvalue weighted by atomic mass is 35.5. The number of ether oxygens (including phenoxy) is 1. The molecule has 2 heterocycles. The number of nitrogens with zero attached hydrogens (tertiary/aromatic N) is 4. The molecule has 3 aromatic rings. The zero-order valence-electron chi connectivity index (χ0n) is 15.9. The number of methoxy groups -OCH3 is 1. The molecular weight excluding hydrogens is 390 g/mol. The lowest BCUT2D eigenvalue weighted by atomic mass is 10.1. The van der Waals surface area contributed by atoms with E-state index in [2.05, 4.69) is 20.4 Å². The van der Waals surface area contributed by atoms with E-state index >= 15 is 0 Å². The minimum atomic E-state index is -0.355. The molecule has 1 fully saturated rings. The van der Waals surface area contributed by atoms with Gasteiger partial charge in [0, 0.05) is 30.4 Å². The van der Waals surface area contributed by atoms with Crippen molar-refractivity contribution in [3.63, 3.8) is 0 Å². The summed E-state index contributed by atoms with van der Waals surface area (Å²) in [6.07, 6.45) is 0.355. The minimum absolute atomic E-state index is 0.355. The number of halogens is 1. The first-order valence-corrected chi connectivity index (χ1v) is 9.64. The van der Waals surface area contributed by atoms with Crippen LogP contribution < -0.4 is 15.0 Å². The van der Waals surface area contributed by atoms with Gasteiger partial charge in [0.1, 0.15) is 5.75 Å². The first-order valence-electron chi connectivity index (χ1n) is 9.26. The van der Waals surface area contributed by atoms with Crippen molar-refractivity contribution >= 4 is 39.7 Å². The van der Waals surface area contributed by atoms with Crippen LogP contribution in [0.5, 0.6) is 5.75 Å². The van der Waals surface area contributed by atoms with E-state index in [1.54, 1.807) is 13.2 Å². The topological polar surface area (TPSA) is 74.9 Å². The number of hydrogen-bond donors (Lipinski definition) is 2. The molecule has 1 aromatic heterocycles. The maximum atomic E-state index is 9.88. The number of fused-ring (bicyclic) bond motifs is 1. The van der Waals surface area contributed by atoms with Crippen LogP contribution in [0.25, 0.3) is 15.6 Å². The van der Waals surface area contributed by atoms with Crippen molar-refractivity contribution in [2.75, 3.05) is 30.4 Å². The molecule has 0 spiro atoms. The van der Waals surface area contributed by atoms with Gasteiger partial charge in [-0.15, -0.1) is 10.2 Å². The fraction of sp³-hybridized carbons (Fsp3) is 0.286. The van der Waals surface area contributed by atoms with Crippen molar-refractivity contribution in [2.24, 2.45) is 0 Å². The van der Waals surface area contributed by atoms with Gasteiger partial charge in [-0.25, -0.2) is 4.85 Å². The van der Waals surface area contributed by atoms with Gasteiger partial charge in [0.05, 0.1) is 24.8 Å².